The number of hydrogen-bond donors (Lipinski definition) is 1. The van der Waals surface area contributed by atoms with Crippen LogP contribution < -0.4 is 5.73 Å². The van der Waals surface area contributed by atoms with Crippen molar-refractivity contribution < 1.29 is 9.59 Å². The highest BCUT2D eigenvalue weighted by molar-refractivity contribution is 7.10. The van der Waals surface area contributed by atoms with Crippen LogP contribution in [0.5, 0.6) is 0 Å². The molecule has 0 fully saturated rings. The Hall–Kier alpha value is -1.000. The molecule has 1 aliphatic rings. The fourth-order valence-corrected chi connectivity index (χ4v) is 2.75. The van der Waals surface area contributed by atoms with Crippen LogP contribution in [0.15, 0.2) is 11.4 Å². The maximum Gasteiger partial charge on any atom is 0.164 e. The number of Topliss-reactive ketones (excluding diaryl/α,β-unsaturated/α-hetero) is 2. The summed E-state index contributed by atoms with van der Waals surface area (Å²) in [7, 11) is 0. The molecule has 2 N–H and O–H groups in total. The van der Waals surface area contributed by atoms with Crippen LogP contribution in [0.2, 0.25) is 0 Å². The van der Waals surface area contributed by atoms with Crippen LogP contribution in [0, 0.1) is 5.92 Å². The molecule has 1 aromatic heterocycles. The van der Waals surface area contributed by atoms with Crippen LogP contribution in [0.3, 0.4) is 0 Å². The first-order chi connectivity index (χ1) is 6.72. The van der Waals surface area contributed by atoms with E-state index in [9.17, 15) is 9.59 Å². The van der Waals surface area contributed by atoms with Gasteiger partial charge < -0.3 is 5.73 Å². The molecule has 0 aliphatic heterocycles. The summed E-state index contributed by atoms with van der Waals surface area (Å²) in [6.07, 6.45) is 1.02. The summed E-state index contributed by atoms with van der Waals surface area (Å²) in [5, 5.41) is 1.90. The monoisotopic (exact) mass is 209 g/mol. The first-order valence-corrected chi connectivity index (χ1v) is 5.42. The van der Waals surface area contributed by atoms with Crippen molar-refractivity contribution in [3.63, 3.8) is 0 Å². The summed E-state index contributed by atoms with van der Waals surface area (Å²) in [5.74, 6) is -0.102. The standard InChI is InChI=1S/C10H11NO2S/c11-5-9(13)6-3-8(12)7-1-2-14-10(7)4-6/h1-2,6H,3-5,11H2. The second-order valence-corrected chi connectivity index (χ2v) is 4.46. The zero-order valence-electron chi connectivity index (χ0n) is 7.66. The van der Waals surface area contributed by atoms with Crippen LogP contribution in [-0.4, -0.2) is 18.1 Å². The van der Waals surface area contributed by atoms with E-state index in [0.717, 1.165) is 10.4 Å². The number of fused-ring (bicyclic) bond motifs is 1. The molecule has 2 rings (SSSR count). The van der Waals surface area contributed by atoms with Gasteiger partial charge in [-0.05, 0) is 17.9 Å². The van der Waals surface area contributed by atoms with Crippen molar-refractivity contribution in [3.05, 3.63) is 21.9 Å². The largest absolute Gasteiger partial charge is 0.324 e. The number of carbonyl (C=O) groups is 2. The predicted molar refractivity (Wildman–Crippen MR) is 54.5 cm³/mol. The molecule has 0 amide bonds. The zero-order valence-corrected chi connectivity index (χ0v) is 8.47. The van der Waals surface area contributed by atoms with Crippen molar-refractivity contribution in [1.29, 1.82) is 0 Å². The van der Waals surface area contributed by atoms with Crippen LogP contribution in [0.4, 0.5) is 0 Å². The van der Waals surface area contributed by atoms with Crippen molar-refractivity contribution in [2.75, 3.05) is 6.54 Å². The summed E-state index contributed by atoms with van der Waals surface area (Å²) in [4.78, 5) is 24.0. The maximum atomic E-state index is 11.6. The third-order valence-electron chi connectivity index (χ3n) is 2.57. The fraction of sp³-hybridized carbons (Fsp3) is 0.400. The van der Waals surface area contributed by atoms with Crippen molar-refractivity contribution in [1.82, 2.24) is 0 Å². The number of carbonyl (C=O) groups excluding carboxylic acids is 2. The lowest BCUT2D eigenvalue weighted by Gasteiger charge is -2.18. The third-order valence-corrected chi connectivity index (χ3v) is 3.51. The summed E-state index contributed by atoms with van der Waals surface area (Å²) >= 11 is 1.55. The molecule has 1 heterocycles. The Bertz CT molecular complexity index is 383. The lowest BCUT2D eigenvalue weighted by atomic mass is 9.85. The van der Waals surface area contributed by atoms with Gasteiger partial charge in [0.25, 0.3) is 0 Å². The highest BCUT2D eigenvalue weighted by atomic mass is 32.1. The Morgan fingerprint density at radius 2 is 2.36 bits per heavy atom. The minimum absolute atomic E-state index is 0.00241. The lowest BCUT2D eigenvalue weighted by molar-refractivity contribution is -0.121. The van der Waals surface area contributed by atoms with Crippen molar-refractivity contribution in [2.45, 2.75) is 12.8 Å². The van der Waals surface area contributed by atoms with Crippen molar-refractivity contribution in [2.24, 2.45) is 11.7 Å². The molecule has 4 heteroatoms. The van der Waals surface area contributed by atoms with E-state index in [1.54, 1.807) is 11.3 Å². The minimum Gasteiger partial charge on any atom is -0.324 e. The number of hydrogen-bond acceptors (Lipinski definition) is 4. The second-order valence-electron chi connectivity index (χ2n) is 3.46. The van der Waals surface area contributed by atoms with E-state index < -0.39 is 0 Å². The molecule has 1 atom stereocenters. The number of thiophene rings is 1. The molecule has 3 nitrogen and oxygen atoms in total. The predicted octanol–water partition coefficient (Wildman–Crippen LogP) is 1.02. The van der Waals surface area contributed by atoms with Gasteiger partial charge in [-0.15, -0.1) is 11.3 Å². The highest BCUT2D eigenvalue weighted by Gasteiger charge is 2.29. The first-order valence-electron chi connectivity index (χ1n) is 4.54. The molecule has 0 radical (unpaired) electrons. The van der Waals surface area contributed by atoms with E-state index in [1.165, 1.54) is 0 Å². The van der Waals surface area contributed by atoms with E-state index in [2.05, 4.69) is 0 Å². The molecular weight excluding hydrogens is 198 g/mol. The van der Waals surface area contributed by atoms with Gasteiger partial charge in [-0.3, -0.25) is 9.59 Å². The Labute approximate surface area is 85.9 Å². The Kier molecular flexibility index (Phi) is 2.48. The summed E-state index contributed by atoms with van der Waals surface area (Å²) in [6, 6.07) is 1.84. The second kappa shape index (κ2) is 3.63. The molecule has 0 saturated heterocycles. The van der Waals surface area contributed by atoms with Gasteiger partial charge in [0.15, 0.2) is 5.78 Å². The molecule has 14 heavy (non-hydrogen) atoms. The third kappa shape index (κ3) is 1.51. The first kappa shape index (κ1) is 9.55. The number of rotatable bonds is 2. The maximum absolute atomic E-state index is 11.6. The van der Waals surface area contributed by atoms with Gasteiger partial charge in [0.1, 0.15) is 5.78 Å². The van der Waals surface area contributed by atoms with Gasteiger partial charge in [-0.1, -0.05) is 0 Å². The Balaban J connectivity index is 2.25. The van der Waals surface area contributed by atoms with Crippen LogP contribution in [-0.2, 0) is 11.2 Å². The summed E-state index contributed by atoms with van der Waals surface area (Å²) in [5.41, 5.74) is 6.09. The van der Waals surface area contributed by atoms with E-state index >= 15 is 0 Å². The summed E-state index contributed by atoms with van der Waals surface area (Å²) in [6.45, 7) is 0.0403. The van der Waals surface area contributed by atoms with Crippen LogP contribution in [0.1, 0.15) is 21.7 Å². The zero-order chi connectivity index (χ0) is 10.1. The molecule has 1 unspecified atom stereocenters. The quantitative estimate of drug-likeness (QED) is 0.791. The van der Waals surface area contributed by atoms with E-state index in [1.807, 2.05) is 11.4 Å². The molecule has 74 valence electrons. The smallest absolute Gasteiger partial charge is 0.164 e. The van der Waals surface area contributed by atoms with Crippen molar-refractivity contribution >= 4 is 22.9 Å². The van der Waals surface area contributed by atoms with Crippen LogP contribution >= 0.6 is 11.3 Å². The van der Waals surface area contributed by atoms with Gasteiger partial charge >= 0.3 is 0 Å². The highest BCUT2D eigenvalue weighted by Crippen LogP contribution is 2.29. The van der Waals surface area contributed by atoms with Gasteiger partial charge in [0.2, 0.25) is 0 Å². The van der Waals surface area contributed by atoms with E-state index in [4.69, 9.17) is 5.73 Å². The number of nitrogens with two attached hydrogens (primary N) is 1. The van der Waals surface area contributed by atoms with Gasteiger partial charge in [0.05, 0.1) is 6.54 Å². The van der Waals surface area contributed by atoms with E-state index in [-0.39, 0.29) is 24.0 Å². The van der Waals surface area contributed by atoms with Gasteiger partial charge in [0, 0.05) is 22.8 Å². The Morgan fingerprint density at radius 3 is 3.07 bits per heavy atom. The Morgan fingerprint density at radius 1 is 1.57 bits per heavy atom. The normalized spacial score (nSPS) is 20.6. The van der Waals surface area contributed by atoms with Crippen molar-refractivity contribution in [3.8, 4) is 0 Å². The van der Waals surface area contributed by atoms with Gasteiger partial charge in [-0.25, -0.2) is 0 Å². The lowest BCUT2D eigenvalue weighted by Crippen LogP contribution is -2.30. The average molecular weight is 209 g/mol. The minimum atomic E-state index is -0.182. The molecule has 1 aromatic rings. The number of ketones is 2. The van der Waals surface area contributed by atoms with E-state index in [0.29, 0.717) is 12.8 Å². The molecular formula is C10H11NO2S. The molecule has 0 saturated carbocycles. The summed E-state index contributed by atoms with van der Waals surface area (Å²) < 4.78 is 0. The molecule has 1 aliphatic carbocycles. The molecule has 0 aromatic carbocycles. The fourth-order valence-electron chi connectivity index (χ4n) is 1.77. The van der Waals surface area contributed by atoms with Crippen LogP contribution in [0.25, 0.3) is 0 Å². The van der Waals surface area contributed by atoms with Gasteiger partial charge in [-0.2, -0.15) is 0 Å². The average Bonchev–Trinajstić information content (AvgIpc) is 2.64. The SMILES string of the molecule is NCC(=O)C1CC(=O)c2ccsc2C1. The molecule has 0 bridgehead atoms. The topological polar surface area (TPSA) is 60.2 Å². The molecule has 0 spiro atoms.